The Labute approximate surface area is 71.8 Å². The number of hydrogen-bond acceptors (Lipinski definition) is 2. The summed E-state index contributed by atoms with van der Waals surface area (Å²) in [5.74, 6) is 0. The second kappa shape index (κ2) is 4.21. The van der Waals surface area contributed by atoms with Crippen molar-refractivity contribution in [3.05, 3.63) is 35.0 Å². The summed E-state index contributed by atoms with van der Waals surface area (Å²) in [6, 6.07) is 7.03. The number of rotatable bonds is 3. The van der Waals surface area contributed by atoms with E-state index in [1.54, 1.807) is 12.1 Å². The average Bonchev–Trinajstić information content (AvgIpc) is 2.06. The largest absolute Gasteiger partial charge is 0.595 e. The van der Waals surface area contributed by atoms with Gasteiger partial charge >= 0.3 is 0 Å². The minimum absolute atomic E-state index is 0.356. The van der Waals surface area contributed by atoms with Gasteiger partial charge in [0.2, 0.25) is 0 Å². The molecule has 0 bridgehead atoms. The predicted octanol–water partition coefficient (Wildman–Crippen LogP) is 1.04. The zero-order valence-electron chi connectivity index (χ0n) is 7.08. The predicted molar refractivity (Wildman–Crippen MR) is 46.2 cm³/mol. The van der Waals surface area contributed by atoms with Gasteiger partial charge < -0.3 is 5.21 Å². The first kappa shape index (κ1) is 9.19. The highest BCUT2D eigenvalue weighted by molar-refractivity contribution is 5.32. The van der Waals surface area contributed by atoms with Gasteiger partial charge in [0.25, 0.3) is 0 Å². The Hall–Kier alpha value is -0.900. The minimum Gasteiger partial charge on any atom is -0.595 e. The van der Waals surface area contributed by atoms with Gasteiger partial charge in [-0.25, -0.2) is 5.21 Å². The van der Waals surface area contributed by atoms with E-state index in [0.29, 0.717) is 5.69 Å². The van der Waals surface area contributed by atoms with Crippen LogP contribution in [-0.2, 0) is 6.42 Å². The number of nitrogens with one attached hydrogen (secondary N) is 1. The average molecular weight is 167 g/mol. The minimum atomic E-state index is -0.863. The lowest BCUT2D eigenvalue weighted by atomic mass is 10.1. The standard InChI is InChI=1S/C9H13NO2/c1-2-3-8-4-6-9(7-5-8)10(11)12/h4-7,10-11H,2-3H2,1H3. The molecule has 0 fully saturated rings. The molecular weight excluding hydrogens is 154 g/mol. The number of hydrogen-bond donors (Lipinski definition) is 2. The van der Waals surface area contributed by atoms with Crippen molar-refractivity contribution in [3.63, 3.8) is 0 Å². The Bertz CT molecular complexity index is 231. The molecule has 3 nitrogen and oxygen atoms in total. The first-order chi connectivity index (χ1) is 5.74. The number of quaternary nitrogens is 1. The van der Waals surface area contributed by atoms with Crippen LogP contribution in [0.5, 0.6) is 0 Å². The third-order valence-electron chi connectivity index (χ3n) is 1.74. The van der Waals surface area contributed by atoms with Crippen molar-refractivity contribution in [2.45, 2.75) is 19.8 Å². The summed E-state index contributed by atoms with van der Waals surface area (Å²) in [6.07, 6.45) is 2.10. The van der Waals surface area contributed by atoms with Crippen molar-refractivity contribution in [1.82, 2.24) is 0 Å². The summed E-state index contributed by atoms with van der Waals surface area (Å²) in [7, 11) is 0. The fraction of sp³-hybridized carbons (Fsp3) is 0.333. The van der Waals surface area contributed by atoms with Crippen LogP contribution in [0.2, 0.25) is 0 Å². The molecule has 1 atom stereocenters. The Morgan fingerprint density at radius 2 is 1.92 bits per heavy atom. The molecule has 0 aliphatic heterocycles. The quantitative estimate of drug-likeness (QED) is 0.661. The Morgan fingerprint density at radius 3 is 2.33 bits per heavy atom. The molecule has 0 radical (unpaired) electrons. The van der Waals surface area contributed by atoms with Crippen LogP contribution in [0.4, 0.5) is 5.69 Å². The van der Waals surface area contributed by atoms with Gasteiger partial charge in [-0.2, -0.15) is 5.23 Å². The van der Waals surface area contributed by atoms with E-state index in [4.69, 9.17) is 5.21 Å². The van der Waals surface area contributed by atoms with Crippen LogP contribution in [0.1, 0.15) is 18.9 Å². The second-order valence-electron chi connectivity index (χ2n) is 2.75. The van der Waals surface area contributed by atoms with E-state index in [-0.39, 0.29) is 0 Å². The van der Waals surface area contributed by atoms with Crippen LogP contribution in [0.25, 0.3) is 0 Å². The van der Waals surface area contributed by atoms with Crippen molar-refractivity contribution in [2.24, 2.45) is 0 Å². The topological polar surface area (TPSA) is 47.7 Å². The first-order valence-corrected chi connectivity index (χ1v) is 4.06. The van der Waals surface area contributed by atoms with E-state index in [9.17, 15) is 5.21 Å². The van der Waals surface area contributed by atoms with Crippen LogP contribution in [0.15, 0.2) is 24.3 Å². The highest BCUT2D eigenvalue weighted by Crippen LogP contribution is 2.06. The third kappa shape index (κ3) is 2.30. The van der Waals surface area contributed by atoms with E-state index in [0.717, 1.165) is 12.8 Å². The van der Waals surface area contributed by atoms with E-state index < -0.39 is 5.23 Å². The second-order valence-corrected chi connectivity index (χ2v) is 2.75. The highest BCUT2D eigenvalue weighted by Gasteiger charge is 1.97. The van der Waals surface area contributed by atoms with Crippen LogP contribution >= 0.6 is 0 Å². The van der Waals surface area contributed by atoms with Gasteiger partial charge in [0.1, 0.15) is 0 Å². The van der Waals surface area contributed by atoms with Crippen molar-refractivity contribution in [3.8, 4) is 0 Å². The van der Waals surface area contributed by atoms with E-state index in [2.05, 4.69) is 6.92 Å². The molecule has 1 aromatic rings. The van der Waals surface area contributed by atoms with Crippen molar-refractivity contribution < 1.29 is 10.4 Å². The lowest BCUT2D eigenvalue weighted by molar-refractivity contribution is -0.991. The fourth-order valence-corrected chi connectivity index (χ4v) is 1.10. The normalized spacial score (nSPS) is 12.9. The summed E-state index contributed by atoms with van der Waals surface area (Å²) in [5, 5.41) is 18.2. The molecule has 3 heteroatoms. The third-order valence-corrected chi connectivity index (χ3v) is 1.74. The van der Waals surface area contributed by atoms with Gasteiger partial charge in [0.15, 0.2) is 5.69 Å². The summed E-state index contributed by atoms with van der Waals surface area (Å²) < 4.78 is 0. The van der Waals surface area contributed by atoms with Gasteiger partial charge in [-0.3, -0.25) is 0 Å². The Kier molecular flexibility index (Phi) is 3.22. The van der Waals surface area contributed by atoms with Gasteiger partial charge in [-0.15, -0.1) is 0 Å². The molecule has 0 heterocycles. The lowest BCUT2D eigenvalue weighted by Gasteiger charge is -2.11. The SMILES string of the molecule is CCCc1ccc([NH+]([O-])O)cc1. The fourth-order valence-electron chi connectivity index (χ4n) is 1.10. The van der Waals surface area contributed by atoms with Crippen LogP contribution in [0, 0.1) is 5.21 Å². The summed E-state index contributed by atoms with van der Waals surface area (Å²) in [4.78, 5) is 0. The smallest absolute Gasteiger partial charge is 0.163 e. The summed E-state index contributed by atoms with van der Waals surface area (Å²) >= 11 is 0. The van der Waals surface area contributed by atoms with Crippen molar-refractivity contribution >= 4 is 5.69 Å². The van der Waals surface area contributed by atoms with Gasteiger partial charge in [-0.1, -0.05) is 25.5 Å². The molecule has 0 aliphatic rings. The molecule has 0 amide bonds. The number of aryl methyl sites for hydroxylation is 1. The molecular formula is C9H13NO2. The molecule has 1 aromatic carbocycles. The van der Waals surface area contributed by atoms with Crippen molar-refractivity contribution in [1.29, 1.82) is 0 Å². The van der Waals surface area contributed by atoms with E-state index >= 15 is 0 Å². The highest BCUT2D eigenvalue weighted by atomic mass is 16.8. The Morgan fingerprint density at radius 1 is 1.33 bits per heavy atom. The first-order valence-electron chi connectivity index (χ1n) is 4.06. The molecule has 1 rings (SSSR count). The zero-order valence-corrected chi connectivity index (χ0v) is 7.08. The maximum atomic E-state index is 10.5. The Balaban J connectivity index is 2.71. The lowest BCUT2D eigenvalue weighted by Crippen LogP contribution is -2.99. The number of benzene rings is 1. The molecule has 0 saturated carbocycles. The zero-order chi connectivity index (χ0) is 8.97. The monoisotopic (exact) mass is 167 g/mol. The van der Waals surface area contributed by atoms with Crippen LogP contribution in [-0.4, -0.2) is 5.21 Å². The van der Waals surface area contributed by atoms with Gasteiger partial charge in [0.05, 0.1) is 0 Å². The summed E-state index contributed by atoms with van der Waals surface area (Å²) in [6.45, 7) is 2.10. The molecule has 1 unspecified atom stereocenters. The van der Waals surface area contributed by atoms with E-state index in [1.165, 1.54) is 5.56 Å². The molecule has 12 heavy (non-hydrogen) atoms. The maximum Gasteiger partial charge on any atom is 0.163 e. The molecule has 0 spiro atoms. The van der Waals surface area contributed by atoms with Gasteiger partial charge in [-0.05, 0) is 12.0 Å². The van der Waals surface area contributed by atoms with Crippen LogP contribution in [0.3, 0.4) is 0 Å². The van der Waals surface area contributed by atoms with E-state index in [1.807, 2.05) is 12.1 Å². The summed E-state index contributed by atoms with van der Waals surface area (Å²) in [5.41, 5.74) is 1.55. The molecule has 0 aromatic heterocycles. The maximum absolute atomic E-state index is 10.5. The molecule has 0 saturated heterocycles. The molecule has 0 aliphatic carbocycles. The van der Waals surface area contributed by atoms with Crippen molar-refractivity contribution in [2.75, 3.05) is 0 Å². The molecule has 2 N–H and O–H groups in total. The molecule has 66 valence electrons. The van der Waals surface area contributed by atoms with Gasteiger partial charge in [0, 0.05) is 12.1 Å². The van der Waals surface area contributed by atoms with Crippen LogP contribution < -0.4 is 5.23 Å².